The lowest BCUT2D eigenvalue weighted by Gasteiger charge is -2.05. The van der Waals surface area contributed by atoms with E-state index in [9.17, 15) is 9.18 Å². The number of nitrogens with zero attached hydrogens (tertiary/aromatic N) is 3. The van der Waals surface area contributed by atoms with E-state index >= 15 is 0 Å². The molecule has 2 heterocycles. The molecule has 0 spiro atoms. The maximum atomic E-state index is 13.5. The lowest BCUT2D eigenvalue weighted by Crippen LogP contribution is -2.12. The van der Waals surface area contributed by atoms with Gasteiger partial charge in [0.1, 0.15) is 5.76 Å². The molecule has 0 aliphatic heterocycles. The maximum Gasteiger partial charge on any atom is 0.322 e. The van der Waals surface area contributed by atoms with Crippen LogP contribution < -0.4 is 10.1 Å². The Bertz CT molecular complexity index is 906. The molecule has 0 radical (unpaired) electrons. The van der Waals surface area contributed by atoms with Crippen molar-refractivity contribution in [2.45, 2.75) is 18.8 Å². The molecule has 8 heteroatoms. The molecule has 1 saturated carbocycles. The zero-order valence-electron chi connectivity index (χ0n) is 13.0. The molecule has 0 saturated heterocycles. The third-order valence-electron chi connectivity index (χ3n) is 3.66. The second-order valence-electron chi connectivity index (χ2n) is 5.63. The van der Waals surface area contributed by atoms with E-state index in [1.54, 1.807) is 18.2 Å². The van der Waals surface area contributed by atoms with Crippen molar-refractivity contribution >= 4 is 11.6 Å². The van der Waals surface area contributed by atoms with Crippen molar-refractivity contribution in [2.24, 2.45) is 0 Å². The van der Waals surface area contributed by atoms with Gasteiger partial charge in [-0.2, -0.15) is 0 Å². The van der Waals surface area contributed by atoms with E-state index in [0.29, 0.717) is 11.6 Å². The number of anilines is 1. The van der Waals surface area contributed by atoms with Gasteiger partial charge in [-0.05, 0) is 25.0 Å². The molecular weight excluding hydrogens is 327 g/mol. The van der Waals surface area contributed by atoms with Crippen LogP contribution in [0.5, 0.6) is 11.8 Å². The van der Waals surface area contributed by atoms with Gasteiger partial charge >= 0.3 is 6.01 Å². The molecule has 1 fully saturated rings. The first-order chi connectivity index (χ1) is 12.2. The van der Waals surface area contributed by atoms with Gasteiger partial charge in [-0.3, -0.25) is 4.79 Å². The summed E-state index contributed by atoms with van der Waals surface area (Å²) in [5.74, 6) is 0.208. The number of carbonyl (C=O) groups is 1. The van der Waals surface area contributed by atoms with Crippen LogP contribution >= 0.6 is 0 Å². The number of halogens is 1. The summed E-state index contributed by atoms with van der Waals surface area (Å²) < 4.78 is 23.9. The molecule has 2 aromatic heterocycles. The minimum Gasteiger partial charge on any atom is -0.421 e. The lowest BCUT2D eigenvalue weighted by atomic mass is 10.3. The van der Waals surface area contributed by atoms with Crippen LogP contribution in [0.15, 0.2) is 47.2 Å². The summed E-state index contributed by atoms with van der Waals surface area (Å²) in [6.07, 6.45) is 4.85. The van der Waals surface area contributed by atoms with Gasteiger partial charge in [0.25, 0.3) is 5.91 Å². The summed E-state index contributed by atoms with van der Waals surface area (Å²) in [7, 11) is 0. The van der Waals surface area contributed by atoms with Gasteiger partial charge in [-0.15, -0.1) is 0 Å². The van der Waals surface area contributed by atoms with Gasteiger partial charge in [-0.25, -0.2) is 14.4 Å². The Labute approximate surface area is 141 Å². The largest absolute Gasteiger partial charge is 0.421 e. The Morgan fingerprint density at radius 2 is 2.00 bits per heavy atom. The summed E-state index contributed by atoms with van der Waals surface area (Å²) in [4.78, 5) is 20.0. The Morgan fingerprint density at radius 3 is 2.72 bits per heavy atom. The number of hydrogen-bond acceptors (Lipinski definition) is 6. The summed E-state index contributed by atoms with van der Waals surface area (Å²) in [5.41, 5.74) is 0.565. The quantitative estimate of drug-likeness (QED) is 0.764. The maximum absolute atomic E-state index is 13.5. The first-order valence-corrected chi connectivity index (χ1v) is 7.71. The van der Waals surface area contributed by atoms with Crippen molar-refractivity contribution in [1.82, 2.24) is 15.1 Å². The van der Waals surface area contributed by atoms with Crippen LogP contribution in [0.3, 0.4) is 0 Å². The number of ether oxygens (including phenoxy) is 1. The molecule has 1 N–H and O–H groups in total. The van der Waals surface area contributed by atoms with Crippen molar-refractivity contribution in [3.8, 4) is 11.8 Å². The molecule has 0 unspecified atom stereocenters. The molecule has 7 nitrogen and oxygen atoms in total. The molecule has 25 heavy (non-hydrogen) atoms. The summed E-state index contributed by atoms with van der Waals surface area (Å²) in [6.45, 7) is 0. The Kier molecular flexibility index (Phi) is 3.85. The second-order valence-corrected chi connectivity index (χ2v) is 5.63. The fourth-order valence-electron chi connectivity index (χ4n) is 2.21. The van der Waals surface area contributed by atoms with E-state index < -0.39 is 11.7 Å². The van der Waals surface area contributed by atoms with E-state index in [2.05, 4.69) is 20.4 Å². The monoisotopic (exact) mass is 340 g/mol. The lowest BCUT2D eigenvalue weighted by molar-refractivity contribution is 0.101. The number of aromatic nitrogens is 3. The van der Waals surface area contributed by atoms with Crippen LogP contribution in [0, 0.1) is 5.82 Å². The number of para-hydroxylation sites is 1. The SMILES string of the molecule is O=C(Nc1cnc(Oc2ccccc2F)nc1)c1cc(C2CC2)on1. The molecule has 1 aliphatic carbocycles. The summed E-state index contributed by atoms with van der Waals surface area (Å²) >= 11 is 0. The molecule has 0 bridgehead atoms. The smallest absolute Gasteiger partial charge is 0.322 e. The predicted octanol–water partition coefficient (Wildman–Crippen LogP) is 3.53. The normalized spacial score (nSPS) is 13.5. The van der Waals surface area contributed by atoms with Crippen LogP contribution in [0.1, 0.15) is 35.0 Å². The van der Waals surface area contributed by atoms with E-state index in [-0.39, 0.29) is 17.5 Å². The average molecular weight is 340 g/mol. The van der Waals surface area contributed by atoms with E-state index in [1.807, 2.05) is 0 Å². The molecule has 1 aliphatic rings. The predicted molar refractivity (Wildman–Crippen MR) is 84.9 cm³/mol. The Morgan fingerprint density at radius 1 is 1.24 bits per heavy atom. The van der Waals surface area contributed by atoms with Crippen LogP contribution in [0.2, 0.25) is 0 Å². The fraction of sp³-hybridized carbons (Fsp3) is 0.176. The van der Waals surface area contributed by atoms with Gasteiger partial charge in [0.05, 0.1) is 18.1 Å². The minimum absolute atomic E-state index is 0.0227. The standard InChI is InChI=1S/C17H13FN4O3/c18-12-3-1-2-4-14(12)24-17-19-8-11(9-20-17)21-16(23)13-7-15(25-22-13)10-5-6-10/h1-4,7-10H,5-6H2,(H,21,23). The van der Waals surface area contributed by atoms with E-state index in [0.717, 1.165) is 18.6 Å². The molecule has 4 rings (SSSR count). The van der Waals surface area contributed by atoms with Crippen molar-refractivity contribution in [1.29, 1.82) is 0 Å². The highest BCUT2D eigenvalue weighted by molar-refractivity contribution is 6.02. The van der Waals surface area contributed by atoms with Crippen molar-refractivity contribution < 1.29 is 18.4 Å². The molecule has 1 aromatic carbocycles. The van der Waals surface area contributed by atoms with Crippen molar-refractivity contribution in [3.63, 3.8) is 0 Å². The van der Waals surface area contributed by atoms with Crippen LogP contribution in [-0.4, -0.2) is 21.0 Å². The highest BCUT2D eigenvalue weighted by atomic mass is 19.1. The van der Waals surface area contributed by atoms with Gasteiger partial charge in [0.15, 0.2) is 17.3 Å². The zero-order valence-corrected chi connectivity index (χ0v) is 13.0. The molecule has 1 amide bonds. The van der Waals surface area contributed by atoms with Gasteiger partial charge in [0, 0.05) is 12.0 Å². The molecular formula is C17H13FN4O3. The number of nitrogens with one attached hydrogen (secondary N) is 1. The summed E-state index contributed by atoms with van der Waals surface area (Å²) in [5, 5.41) is 6.38. The number of amides is 1. The number of hydrogen-bond donors (Lipinski definition) is 1. The topological polar surface area (TPSA) is 90.1 Å². The third-order valence-corrected chi connectivity index (χ3v) is 3.66. The number of benzene rings is 1. The fourth-order valence-corrected chi connectivity index (χ4v) is 2.21. The van der Waals surface area contributed by atoms with Gasteiger partial charge in [-0.1, -0.05) is 17.3 Å². The van der Waals surface area contributed by atoms with E-state index in [4.69, 9.17) is 9.26 Å². The highest BCUT2D eigenvalue weighted by Gasteiger charge is 2.28. The van der Waals surface area contributed by atoms with Crippen LogP contribution in [0.4, 0.5) is 10.1 Å². The molecule has 126 valence electrons. The van der Waals surface area contributed by atoms with Crippen molar-refractivity contribution in [2.75, 3.05) is 5.32 Å². The number of rotatable bonds is 5. The third kappa shape index (κ3) is 3.47. The van der Waals surface area contributed by atoms with Crippen LogP contribution in [0.25, 0.3) is 0 Å². The first kappa shape index (κ1) is 15.3. The van der Waals surface area contributed by atoms with Crippen molar-refractivity contribution in [3.05, 3.63) is 60.0 Å². The number of carbonyl (C=O) groups excluding carboxylic acids is 1. The molecule has 0 atom stereocenters. The second kappa shape index (κ2) is 6.31. The van der Waals surface area contributed by atoms with Crippen LogP contribution in [-0.2, 0) is 0 Å². The Balaban J connectivity index is 1.41. The van der Waals surface area contributed by atoms with Gasteiger partial charge < -0.3 is 14.6 Å². The van der Waals surface area contributed by atoms with E-state index in [1.165, 1.54) is 24.5 Å². The summed E-state index contributed by atoms with van der Waals surface area (Å²) in [6, 6.07) is 7.55. The average Bonchev–Trinajstić information content (AvgIpc) is 3.35. The molecule has 3 aromatic rings. The zero-order chi connectivity index (χ0) is 17.2. The Hall–Kier alpha value is -3.29. The minimum atomic E-state index is -0.513. The highest BCUT2D eigenvalue weighted by Crippen LogP contribution is 2.40. The van der Waals surface area contributed by atoms with Gasteiger partial charge in [0.2, 0.25) is 0 Å². The first-order valence-electron chi connectivity index (χ1n) is 7.71.